The minimum absolute atomic E-state index is 0.566. The molecule has 1 aliphatic heterocycles. The molecule has 0 bridgehead atoms. The van der Waals surface area contributed by atoms with Crippen LogP contribution in [0.4, 0.5) is 0 Å². The van der Waals surface area contributed by atoms with Gasteiger partial charge in [0.05, 0.1) is 0 Å². The number of hydrogen-bond donors (Lipinski definition) is 1. The van der Waals surface area contributed by atoms with Crippen molar-refractivity contribution in [3.8, 4) is 0 Å². The highest BCUT2D eigenvalue weighted by molar-refractivity contribution is 7.98. The quantitative estimate of drug-likeness (QED) is 0.809. The van der Waals surface area contributed by atoms with Crippen molar-refractivity contribution in [2.45, 2.75) is 18.2 Å². The summed E-state index contributed by atoms with van der Waals surface area (Å²) in [6.45, 7) is 1.14. The largest absolute Gasteiger partial charge is 0.309 e. The number of benzene rings is 1. The Bertz CT molecular complexity index is 327. The summed E-state index contributed by atoms with van der Waals surface area (Å²) in [5.41, 5.74) is 3.03. The van der Waals surface area contributed by atoms with Gasteiger partial charge in [-0.25, -0.2) is 0 Å². The van der Waals surface area contributed by atoms with Crippen LogP contribution in [0.25, 0.3) is 0 Å². The van der Waals surface area contributed by atoms with E-state index < -0.39 is 0 Å². The van der Waals surface area contributed by atoms with Gasteiger partial charge in [-0.1, -0.05) is 24.3 Å². The second-order valence-corrected chi connectivity index (χ2v) is 6.08. The number of nitrogens with one attached hydrogen (secondary N) is 1. The van der Waals surface area contributed by atoms with Gasteiger partial charge in [-0.3, -0.25) is 0 Å². The molecule has 1 atom stereocenters. The first-order valence-corrected chi connectivity index (χ1v) is 8.34. The molecule has 2 rings (SSSR count). The van der Waals surface area contributed by atoms with Gasteiger partial charge in [0.25, 0.3) is 0 Å². The normalized spacial score (nSPS) is 19.4. The van der Waals surface area contributed by atoms with Crippen molar-refractivity contribution >= 4 is 23.5 Å². The summed E-state index contributed by atoms with van der Waals surface area (Å²) in [6.07, 6.45) is 3.44. The van der Waals surface area contributed by atoms with Crippen molar-refractivity contribution in [1.82, 2.24) is 5.32 Å². The molecule has 0 saturated heterocycles. The van der Waals surface area contributed by atoms with Crippen molar-refractivity contribution in [1.29, 1.82) is 0 Å². The maximum absolute atomic E-state index is 3.68. The van der Waals surface area contributed by atoms with Crippen molar-refractivity contribution in [3.05, 3.63) is 35.4 Å². The van der Waals surface area contributed by atoms with E-state index in [1.54, 1.807) is 0 Å². The number of rotatable bonds is 5. The van der Waals surface area contributed by atoms with Gasteiger partial charge in [0.1, 0.15) is 0 Å². The molecule has 16 heavy (non-hydrogen) atoms. The van der Waals surface area contributed by atoms with Crippen LogP contribution in [0, 0.1) is 0 Å². The fourth-order valence-electron chi connectivity index (χ4n) is 2.04. The summed E-state index contributed by atoms with van der Waals surface area (Å²) >= 11 is 3.97. The smallest absolute Gasteiger partial charge is 0.0415 e. The van der Waals surface area contributed by atoms with E-state index in [0.29, 0.717) is 6.04 Å². The Morgan fingerprint density at radius 1 is 1.44 bits per heavy atom. The molecule has 1 aromatic rings. The van der Waals surface area contributed by atoms with Crippen LogP contribution >= 0.6 is 23.5 Å². The van der Waals surface area contributed by atoms with E-state index in [1.807, 2.05) is 23.5 Å². The van der Waals surface area contributed by atoms with Gasteiger partial charge in [0.2, 0.25) is 0 Å². The molecule has 1 aromatic carbocycles. The summed E-state index contributed by atoms with van der Waals surface area (Å²) in [6, 6.07) is 9.41. The SMILES string of the molecule is CSCCCNC1CSCc2ccccc21. The molecule has 0 radical (unpaired) electrons. The van der Waals surface area contributed by atoms with Crippen molar-refractivity contribution < 1.29 is 0 Å². The lowest BCUT2D eigenvalue weighted by Crippen LogP contribution is -2.27. The predicted molar refractivity (Wildman–Crippen MR) is 76.3 cm³/mol. The van der Waals surface area contributed by atoms with Gasteiger partial charge >= 0.3 is 0 Å². The Morgan fingerprint density at radius 2 is 2.31 bits per heavy atom. The third-order valence-electron chi connectivity index (χ3n) is 2.89. The van der Waals surface area contributed by atoms with Crippen LogP contribution in [-0.2, 0) is 5.75 Å². The maximum atomic E-state index is 3.68. The van der Waals surface area contributed by atoms with Crippen molar-refractivity contribution in [3.63, 3.8) is 0 Å². The molecule has 0 aromatic heterocycles. The Kier molecular flexibility index (Phi) is 5.07. The summed E-state index contributed by atoms with van der Waals surface area (Å²) in [4.78, 5) is 0. The third kappa shape index (κ3) is 3.19. The standard InChI is InChI=1S/C13H19NS2/c1-15-8-4-7-14-13-10-16-9-11-5-2-3-6-12(11)13/h2-3,5-6,13-14H,4,7-10H2,1H3. The van der Waals surface area contributed by atoms with Gasteiger partial charge in [-0.05, 0) is 36.1 Å². The van der Waals surface area contributed by atoms with Crippen LogP contribution in [-0.4, -0.2) is 24.3 Å². The van der Waals surface area contributed by atoms with Crippen molar-refractivity contribution in [2.75, 3.05) is 24.3 Å². The topological polar surface area (TPSA) is 12.0 Å². The lowest BCUT2D eigenvalue weighted by Gasteiger charge is -2.26. The summed E-state index contributed by atoms with van der Waals surface area (Å²) in [7, 11) is 0. The van der Waals surface area contributed by atoms with Gasteiger partial charge in [0.15, 0.2) is 0 Å². The molecule has 0 amide bonds. The highest BCUT2D eigenvalue weighted by atomic mass is 32.2. The molecule has 0 aliphatic carbocycles. The zero-order chi connectivity index (χ0) is 11.2. The van der Waals surface area contributed by atoms with Crippen LogP contribution in [0.5, 0.6) is 0 Å². The molecule has 1 unspecified atom stereocenters. The Balaban J connectivity index is 1.91. The molecule has 0 saturated carbocycles. The van der Waals surface area contributed by atoms with Crippen LogP contribution < -0.4 is 5.32 Å². The minimum Gasteiger partial charge on any atom is -0.309 e. The molecule has 1 N–H and O–H groups in total. The monoisotopic (exact) mass is 253 g/mol. The van der Waals surface area contributed by atoms with Gasteiger partial charge < -0.3 is 5.32 Å². The summed E-state index contributed by atoms with van der Waals surface area (Å²) < 4.78 is 0. The summed E-state index contributed by atoms with van der Waals surface area (Å²) in [5.74, 6) is 3.66. The summed E-state index contributed by atoms with van der Waals surface area (Å²) in [5, 5.41) is 3.68. The average Bonchev–Trinajstić information content (AvgIpc) is 2.35. The number of thioether (sulfide) groups is 2. The third-order valence-corrected chi connectivity index (χ3v) is 4.67. The second kappa shape index (κ2) is 6.58. The molecule has 1 nitrogen and oxygen atoms in total. The van der Waals surface area contributed by atoms with E-state index in [2.05, 4.69) is 35.8 Å². The van der Waals surface area contributed by atoms with Crippen LogP contribution in [0.3, 0.4) is 0 Å². The fraction of sp³-hybridized carbons (Fsp3) is 0.538. The van der Waals surface area contributed by atoms with E-state index in [9.17, 15) is 0 Å². The van der Waals surface area contributed by atoms with E-state index in [1.165, 1.54) is 34.8 Å². The molecule has 1 heterocycles. The number of fused-ring (bicyclic) bond motifs is 1. The number of hydrogen-bond acceptors (Lipinski definition) is 3. The lowest BCUT2D eigenvalue weighted by atomic mass is 10.0. The Hall–Kier alpha value is -0.120. The second-order valence-electron chi connectivity index (χ2n) is 4.07. The molecule has 3 heteroatoms. The fourth-order valence-corrected chi connectivity index (χ4v) is 3.61. The van der Waals surface area contributed by atoms with E-state index in [4.69, 9.17) is 0 Å². The Morgan fingerprint density at radius 3 is 3.19 bits per heavy atom. The molecule has 0 spiro atoms. The van der Waals surface area contributed by atoms with Gasteiger partial charge in [0, 0.05) is 17.5 Å². The van der Waals surface area contributed by atoms with Gasteiger partial charge in [-0.15, -0.1) is 0 Å². The van der Waals surface area contributed by atoms with Crippen LogP contribution in [0.1, 0.15) is 23.6 Å². The maximum Gasteiger partial charge on any atom is 0.0415 e. The van der Waals surface area contributed by atoms with Crippen LogP contribution in [0.2, 0.25) is 0 Å². The molecule has 88 valence electrons. The highest BCUT2D eigenvalue weighted by Crippen LogP contribution is 2.31. The first-order chi connectivity index (χ1) is 7.92. The molecule has 1 aliphatic rings. The zero-order valence-corrected chi connectivity index (χ0v) is 11.4. The van der Waals surface area contributed by atoms with E-state index >= 15 is 0 Å². The Labute approximate surface area is 107 Å². The van der Waals surface area contributed by atoms with Crippen LogP contribution in [0.15, 0.2) is 24.3 Å². The minimum atomic E-state index is 0.566. The van der Waals surface area contributed by atoms with E-state index in [0.717, 1.165) is 6.54 Å². The zero-order valence-electron chi connectivity index (χ0n) is 9.74. The average molecular weight is 253 g/mol. The molecular weight excluding hydrogens is 234 g/mol. The first kappa shape index (κ1) is 12.3. The molecular formula is C13H19NS2. The highest BCUT2D eigenvalue weighted by Gasteiger charge is 2.18. The first-order valence-electron chi connectivity index (χ1n) is 5.79. The molecule has 0 fully saturated rings. The predicted octanol–water partition coefficient (Wildman–Crippen LogP) is 3.32. The van der Waals surface area contributed by atoms with Gasteiger partial charge in [-0.2, -0.15) is 23.5 Å². The van der Waals surface area contributed by atoms with Crippen molar-refractivity contribution in [2.24, 2.45) is 0 Å². The van der Waals surface area contributed by atoms with E-state index in [-0.39, 0.29) is 0 Å². The lowest BCUT2D eigenvalue weighted by molar-refractivity contribution is 0.573.